The largest absolute Gasteiger partial charge is 0.481 e. The third-order valence-corrected chi connectivity index (χ3v) is 2.82. The molecule has 1 aliphatic heterocycles. The molecule has 0 aliphatic carbocycles. The zero-order valence-electron chi connectivity index (χ0n) is 6.07. The number of aliphatic carboxylic acids is 1. The van der Waals surface area contributed by atoms with E-state index >= 15 is 0 Å². The Morgan fingerprint density at radius 3 is 3.00 bits per heavy atom. The van der Waals surface area contributed by atoms with Crippen molar-refractivity contribution in [2.45, 2.75) is 6.42 Å². The molecule has 66 valence electrons. The number of thioether (sulfide) groups is 1. The highest BCUT2D eigenvalue weighted by atomic mass is 32.2. The summed E-state index contributed by atoms with van der Waals surface area (Å²) in [4.78, 5) is 21.3. The second kappa shape index (κ2) is 3.86. The van der Waals surface area contributed by atoms with Gasteiger partial charge in [0.15, 0.2) is 0 Å². The van der Waals surface area contributed by atoms with Gasteiger partial charge >= 0.3 is 5.97 Å². The van der Waals surface area contributed by atoms with E-state index in [1.165, 1.54) is 11.8 Å². The fraction of sp³-hybridized carbons (Fsp3) is 0.500. The van der Waals surface area contributed by atoms with Crippen LogP contribution in [0.4, 0.5) is 0 Å². The highest BCUT2D eigenvalue weighted by Gasteiger charge is 2.27. The summed E-state index contributed by atoms with van der Waals surface area (Å²) in [5.74, 6) is -1.21. The molecule has 1 atom stereocenters. The lowest BCUT2D eigenvalue weighted by molar-refractivity contribution is -0.140. The van der Waals surface area contributed by atoms with Gasteiger partial charge in [-0.1, -0.05) is 24.0 Å². The highest BCUT2D eigenvalue weighted by Crippen LogP contribution is 2.18. The lowest BCUT2D eigenvalue weighted by Crippen LogP contribution is -2.40. The van der Waals surface area contributed by atoms with Crippen LogP contribution in [0.15, 0.2) is 0 Å². The molecule has 1 unspecified atom stereocenters. The van der Waals surface area contributed by atoms with Gasteiger partial charge in [0, 0.05) is 5.75 Å². The minimum Gasteiger partial charge on any atom is -0.481 e. The van der Waals surface area contributed by atoms with E-state index in [0.717, 1.165) is 0 Å². The van der Waals surface area contributed by atoms with Crippen LogP contribution in [0.1, 0.15) is 6.42 Å². The first-order valence-corrected chi connectivity index (χ1v) is 4.68. The maximum Gasteiger partial charge on any atom is 0.304 e. The molecule has 1 heterocycles. The average molecular weight is 205 g/mol. The van der Waals surface area contributed by atoms with Crippen LogP contribution < -0.4 is 5.32 Å². The highest BCUT2D eigenvalue weighted by molar-refractivity contribution is 8.23. The van der Waals surface area contributed by atoms with Crippen molar-refractivity contribution in [1.29, 1.82) is 0 Å². The number of carbonyl (C=O) groups is 2. The van der Waals surface area contributed by atoms with Gasteiger partial charge in [-0.3, -0.25) is 9.59 Å². The van der Waals surface area contributed by atoms with E-state index in [0.29, 0.717) is 10.1 Å². The summed E-state index contributed by atoms with van der Waals surface area (Å²) >= 11 is 6.04. The normalized spacial score (nSPS) is 23.5. The van der Waals surface area contributed by atoms with Crippen LogP contribution in [0.3, 0.4) is 0 Å². The van der Waals surface area contributed by atoms with Crippen molar-refractivity contribution >= 4 is 40.2 Å². The van der Waals surface area contributed by atoms with Crippen molar-refractivity contribution < 1.29 is 14.7 Å². The number of hydrogen-bond acceptors (Lipinski definition) is 4. The molecular weight excluding hydrogens is 198 g/mol. The lowest BCUT2D eigenvalue weighted by atomic mass is 10.1. The maximum absolute atomic E-state index is 11.1. The Labute approximate surface area is 78.7 Å². The summed E-state index contributed by atoms with van der Waals surface area (Å²) in [6.07, 6.45) is -0.124. The second-order valence-electron chi connectivity index (χ2n) is 2.38. The third-order valence-electron chi connectivity index (χ3n) is 1.43. The fourth-order valence-corrected chi connectivity index (χ4v) is 1.95. The van der Waals surface area contributed by atoms with E-state index in [1.807, 2.05) is 0 Å². The SMILES string of the molecule is O=C(O)CC1CSC(=S)NC1=O. The summed E-state index contributed by atoms with van der Waals surface area (Å²) in [6, 6.07) is 0. The van der Waals surface area contributed by atoms with Gasteiger partial charge in [-0.25, -0.2) is 0 Å². The summed E-state index contributed by atoms with van der Waals surface area (Å²) in [7, 11) is 0. The van der Waals surface area contributed by atoms with E-state index in [1.54, 1.807) is 0 Å². The van der Waals surface area contributed by atoms with Gasteiger partial charge in [0.2, 0.25) is 5.91 Å². The molecule has 0 bridgehead atoms. The molecule has 12 heavy (non-hydrogen) atoms. The Balaban J connectivity index is 2.51. The first-order valence-electron chi connectivity index (χ1n) is 3.29. The van der Waals surface area contributed by atoms with Gasteiger partial charge in [0.25, 0.3) is 0 Å². The number of hydrogen-bond donors (Lipinski definition) is 2. The van der Waals surface area contributed by atoms with Crippen LogP contribution in [0.5, 0.6) is 0 Å². The summed E-state index contributed by atoms with van der Waals surface area (Å²) in [6.45, 7) is 0. The van der Waals surface area contributed by atoms with Gasteiger partial charge < -0.3 is 10.4 Å². The Morgan fingerprint density at radius 2 is 2.50 bits per heavy atom. The molecule has 0 spiro atoms. The van der Waals surface area contributed by atoms with E-state index < -0.39 is 11.9 Å². The molecule has 1 amide bonds. The van der Waals surface area contributed by atoms with Gasteiger partial charge in [-0.05, 0) is 0 Å². The van der Waals surface area contributed by atoms with Crippen molar-refractivity contribution in [3.05, 3.63) is 0 Å². The molecule has 0 aromatic carbocycles. The van der Waals surface area contributed by atoms with Crippen molar-refractivity contribution in [3.63, 3.8) is 0 Å². The zero-order chi connectivity index (χ0) is 9.14. The number of thiocarbonyl (C=S) groups is 1. The van der Waals surface area contributed by atoms with Crippen LogP contribution in [0.25, 0.3) is 0 Å². The van der Waals surface area contributed by atoms with Gasteiger partial charge in [0.1, 0.15) is 4.32 Å². The lowest BCUT2D eigenvalue weighted by Gasteiger charge is -2.19. The quantitative estimate of drug-likeness (QED) is 0.631. The summed E-state index contributed by atoms with van der Waals surface area (Å²) < 4.78 is 0.432. The van der Waals surface area contributed by atoms with Crippen molar-refractivity contribution in [2.24, 2.45) is 5.92 Å². The Kier molecular flexibility index (Phi) is 3.05. The molecule has 1 fully saturated rings. The molecule has 0 radical (unpaired) electrons. The van der Waals surface area contributed by atoms with Crippen molar-refractivity contribution in [1.82, 2.24) is 5.32 Å². The molecule has 1 aliphatic rings. The predicted molar refractivity (Wildman–Crippen MR) is 48.9 cm³/mol. The summed E-state index contributed by atoms with van der Waals surface area (Å²) in [5.41, 5.74) is 0. The minimum absolute atomic E-state index is 0.124. The average Bonchev–Trinajstić information content (AvgIpc) is 1.94. The number of carboxylic acid groups (broad SMARTS) is 1. The van der Waals surface area contributed by atoms with Crippen LogP contribution in [-0.4, -0.2) is 27.1 Å². The first kappa shape index (κ1) is 9.47. The molecule has 0 saturated carbocycles. The maximum atomic E-state index is 11.1. The van der Waals surface area contributed by atoms with E-state index in [2.05, 4.69) is 5.32 Å². The topological polar surface area (TPSA) is 66.4 Å². The fourth-order valence-electron chi connectivity index (χ4n) is 0.853. The molecule has 1 rings (SSSR count). The van der Waals surface area contributed by atoms with Crippen molar-refractivity contribution in [2.75, 3.05) is 5.75 Å². The summed E-state index contributed by atoms with van der Waals surface area (Å²) in [5, 5.41) is 10.9. The number of carbonyl (C=O) groups excluding carboxylic acids is 1. The van der Waals surface area contributed by atoms with Crippen LogP contribution >= 0.6 is 24.0 Å². The van der Waals surface area contributed by atoms with Gasteiger partial charge in [0.05, 0.1) is 12.3 Å². The molecule has 0 aromatic heterocycles. The Morgan fingerprint density at radius 1 is 1.83 bits per heavy atom. The first-order chi connectivity index (χ1) is 5.59. The molecule has 6 heteroatoms. The zero-order valence-corrected chi connectivity index (χ0v) is 7.70. The standard InChI is InChI=1S/C6H7NO3S2/c8-4(9)1-3-2-12-6(11)7-5(3)10/h3H,1-2H2,(H,8,9)(H,7,10,11). The molecule has 1 saturated heterocycles. The molecular formula is C6H7NO3S2. The number of carboxylic acids is 1. The molecule has 2 N–H and O–H groups in total. The molecule has 0 aromatic rings. The van der Waals surface area contributed by atoms with Gasteiger partial charge in [-0.2, -0.15) is 0 Å². The predicted octanol–water partition coefficient (Wildman–Crippen LogP) is 0.225. The van der Waals surface area contributed by atoms with Crippen molar-refractivity contribution in [3.8, 4) is 0 Å². The van der Waals surface area contributed by atoms with E-state index in [-0.39, 0.29) is 12.3 Å². The van der Waals surface area contributed by atoms with Crippen LogP contribution in [0.2, 0.25) is 0 Å². The number of rotatable bonds is 2. The smallest absolute Gasteiger partial charge is 0.304 e. The number of amides is 1. The number of nitrogens with one attached hydrogen (secondary N) is 1. The van der Waals surface area contributed by atoms with E-state index in [4.69, 9.17) is 17.3 Å². The Hall–Kier alpha value is -0.620. The monoisotopic (exact) mass is 205 g/mol. The third kappa shape index (κ3) is 2.46. The minimum atomic E-state index is -0.955. The van der Waals surface area contributed by atoms with Gasteiger partial charge in [-0.15, -0.1) is 0 Å². The van der Waals surface area contributed by atoms with E-state index in [9.17, 15) is 9.59 Å². The van der Waals surface area contributed by atoms with Crippen LogP contribution in [0, 0.1) is 5.92 Å². The second-order valence-corrected chi connectivity index (χ2v) is 4.08. The van der Waals surface area contributed by atoms with Crippen LogP contribution in [-0.2, 0) is 9.59 Å². The molecule has 4 nitrogen and oxygen atoms in total. The Bertz CT molecular complexity index is 241.